The summed E-state index contributed by atoms with van der Waals surface area (Å²) < 4.78 is 13.2. The number of furan rings is 1. The molecule has 5 aromatic rings. The monoisotopic (exact) mass is 508 g/mol. The van der Waals surface area contributed by atoms with E-state index in [1.165, 1.54) is 0 Å². The van der Waals surface area contributed by atoms with Gasteiger partial charge in [0, 0.05) is 25.3 Å². The first kappa shape index (κ1) is 23.1. The molecule has 1 amide bonds. The van der Waals surface area contributed by atoms with Crippen LogP contribution in [0.5, 0.6) is 0 Å². The Kier molecular flexibility index (Phi) is 6.26. The molecule has 184 valence electrons. The molecule has 2 aromatic carbocycles. The third kappa shape index (κ3) is 4.41. The summed E-state index contributed by atoms with van der Waals surface area (Å²) in [5.74, 6) is 0.395. The highest BCUT2D eigenvalue weighted by Gasteiger charge is 2.40. The summed E-state index contributed by atoms with van der Waals surface area (Å²) in [6, 6.07) is 26.8. The molecule has 2 atom stereocenters. The van der Waals surface area contributed by atoms with Crippen LogP contribution in [0.3, 0.4) is 0 Å². The second kappa shape index (κ2) is 10.0. The van der Waals surface area contributed by atoms with E-state index in [0.717, 1.165) is 27.4 Å². The van der Waals surface area contributed by atoms with Gasteiger partial charge in [-0.2, -0.15) is 10.2 Å². The number of aromatic nitrogens is 2. The van der Waals surface area contributed by atoms with Gasteiger partial charge in [0.05, 0.1) is 22.9 Å². The Hall–Kier alpha value is -4.27. The van der Waals surface area contributed by atoms with Crippen LogP contribution in [0.25, 0.3) is 16.3 Å². The first-order valence-electron chi connectivity index (χ1n) is 11.9. The van der Waals surface area contributed by atoms with Crippen LogP contribution in [0.4, 0.5) is 0 Å². The minimum atomic E-state index is -0.794. The molecule has 1 aliphatic heterocycles. The average Bonchev–Trinajstić information content (AvgIpc) is 3.76. The lowest BCUT2D eigenvalue weighted by atomic mass is 9.99. The number of nitrogens with zero attached hydrogens (tertiary/aromatic N) is 4. The summed E-state index contributed by atoms with van der Waals surface area (Å²) in [5, 5.41) is 13.3. The molecule has 0 bridgehead atoms. The fourth-order valence-corrected chi connectivity index (χ4v) is 5.35. The van der Waals surface area contributed by atoms with Crippen molar-refractivity contribution in [2.75, 3.05) is 7.11 Å². The highest BCUT2D eigenvalue weighted by Crippen LogP contribution is 2.41. The summed E-state index contributed by atoms with van der Waals surface area (Å²) >= 11 is 1.61. The lowest BCUT2D eigenvalue weighted by molar-refractivity contribution is -0.144. The van der Waals surface area contributed by atoms with Gasteiger partial charge in [-0.15, -0.1) is 11.3 Å². The predicted octanol–water partition coefficient (Wildman–Crippen LogP) is 6.26. The molecule has 8 heteroatoms. The molecule has 1 aliphatic rings. The summed E-state index contributed by atoms with van der Waals surface area (Å²) in [4.78, 5) is 15.0. The molecule has 0 saturated carbocycles. The number of methoxy groups -OCH3 is 1. The van der Waals surface area contributed by atoms with Gasteiger partial charge in [-0.25, -0.2) is 9.69 Å². The highest BCUT2D eigenvalue weighted by atomic mass is 32.1. The average molecular weight is 509 g/mol. The second-order valence-corrected chi connectivity index (χ2v) is 9.59. The minimum Gasteiger partial charge on any atom is -0.463 e. The molecule has 0 radical (unpaired) electrons. The van der Waals surface area contributed by atoms with Crippen molar-refractivity contribution in [2.45, 2.75) is 18.6 Å². The van der Waals surface area contributed by atoms with Gasteiger partial charge < -0.3 is 9.15 Å². The molecule has 3 aromatic heterocycles. The normalized spacial score (nSPS) is 16.1. The molecule has 7 nitrogen and oxygen atoms in total. The first-order valence-corrected chi connectivity index (χ1v) is 12.8. The van der Waals surface area contributed by atoms with Crippen LogP contribution >= 0.6 is 11.3 Å². The number of hydrogen-bond donors (Lipinski definition) is 0. The number of carbonyl (C=O) groups excluding carboxylic acids is 1. The van der Waals surface area contributed by atoms with Crippen molar-refractivity contribution in [3.63, 3.8) is 0 Å². The molecular formula is C29H24N4O3S. The van der Waals surface area contributed by atoms with Crippen LogP contribution in [0, 0.1) is 0 Å². The summed E-state index contributed by atoms with van der Waals surface area (Å²) in [7, 11) is 1.54. The van der Waals surface area contributed by atoms with Gasteiger partial charge in [0.25, 0.3) is 5.91 Å². The van der Waals surface area contributed by atoms with E-state index in [-0.39, 0.29) is 11.9 Å². The van der Waals surface area contributed by atoms with E-state index in [0.29, 0.717) is 17.9 Å². The molecule has 0 unspecified atom stereocenters. The van der Waals surface area contributed by atoms with Crippen LogP contribution in [0.1, 0.15) is 35.5 Å². The summed E-state index contributed by atoms with van der Waals surface area (Å²) in [6.07, 6.45) is 3.31. The number of ether oxygens (including phenoxy) is 1. The van der Waals surface area contributed by atoms with E-state index in [1.54, 1.807) is 29.7 Å². The number of rotatable bonds is 7. The molecule has 0 fully saturated rings. The Balaban J connectivity index is 1.46. The number of amides is 1. The fraction of sp³-hybridized carbons (Fsp3) is 0.138. The third-order valence-corrected chi connectivity index (χ3v) is 7.26. The number of thiophene rings is 1. The van der Waals surface area contributed by atoms with Gasteiger partial charge in [-0.1, -0.05) is 54.6 Å². The maximum absolute atomic E-state index is 14.0. The number of para-hydroxylation sites is 1. The molecule has 4 heterocycles. The smallest absolute Gasteiger partial charge is 0.276 e. The predicted molar refractivity (Wildman–Crippen MR) is 143 cm³/mol. The first-order chi connectivity index (χ1) is 18.2. The molecule has 6 rings (SSSR count). The second-order valence-electron chi connectivity index (χ2n) is 8.64. The van der Waals surface area contributed by atoms with Gasteiger partial charge in [0.1, 0.15) is 17.2 Å². The lowest BCUT2D eigenvalue weighted by Crippen LogP contribution is -2.32. The van der Waals surface area contributed by atoms with Crippen molar-refractivity contribution in [1.82, 2.24) is 14.8 Å². The van der Waals surface area contributed by atoms with Crippen molar-refractivity contribution >= 4 is 23.0 Å². The third-order valence-electron chi connectivity index (χ3n) is 6.38. The Bertz CT molecular complexity index is 1510. The van der Waals surface area contributed by atoms with Crippen molar-refractivity contribution in [1.29, 1.82) is 0 Å². The van der Waals surface area contributed by atoms with Crippen molar-refractivity contribution in [2.24, 2.45) is 5.10 Å². The maximum Gasteiger partial charge on any atom is 0.276 e. The Labute approximate surface area is 218 Å². The molecule has 0 N–H and O–H groups in total. The number of hydrazone groups is 1. The topological polar surface area (TPSA) is 72.9 Å². The molecule has 0 saturated heterocycles. The van der Waals surface area contributed by atoms with E-state index in [9.17, 15) is 4.79 Å². The van der Waals surface area contributed by atoms with Crippen LogP contribution in [0.15, 0.2) is 112 Å². The lowest BCUT2D eigenvalue weighted by Gasteiger charge is -2.25. The zero-order valence-electron chi connectivity index (χ0n) is 20.1. The standard InChI is InChI=1S/C29H24N4O3S/c1-35-28(20-10-4-2-5-11-20)29(34)33-24(18-23(30-33)25-14-8-16-36-25)22-19-32(21-12-6-3-7-13-21)31-27(22)26-15-9-17-37-26/h2-17,19,24,28H,18H2,1H3/t24-,28-/m1/s1. The Morgan fingerprint density at radius 3 is 2.49 bits per heavy atom. The maximum atomic E-state index is 14.0. The molecular weight excluding hydrogens is 484 g/mol. The summed E-state index contributed by atoms with van der Waals surface area (Å²) in [6.45, 7) is 0. The largest absolute Gasteiger partial charge is 0.463 e. The highest BCUT2D eigenvalue weighted by molar-refractivity contribution is 7.13. The van der Waals surface area contributed by atoms with Crippen LogP contribution < -0.4 is 0 Å². The SMILES string of the molecule is CO[C@@H](C(=O)N1N=C(c2ccco2)C[C@@H]1c1cn(-c2ccccc2)nc1-c1cccs1)c1ccccc1. The van der Waals surface area contributed by atoms with Gasteiger partial charge in [-0.05, 0) is 41.3 Å². The fourth-order valence-electron chi connectivity index (χ4n) is 4.62. The van der Waals surface area contributed by atoms with Gasteiger partial charge in [0.2, 0.25) is 0 Å². The van der Waals surface area contributed by atoms with Crippen LogP contribution in [-0.2, 0) is 9.53 Å². The number of hydrogen-bond acceptors (Lipinski definition) is 6. The Morgan fingerprint density at radius 2 is 1.81 bits per heavy atom. The van der Waals surface area contributed by atoms with Crippen LogP contribution in [0.2, 0.25) is 0 Å². The minimum absolute atomic E-state index is 0.246. The van der Waals surface area contributed by atoms with E-state index in [4.69, 9.17) is 19.4 Å². The number of benzene rings is 2. The van der Waals surface area contributed by atoms with Gasteiger partial charge in [-0.3, -0.25) is 4.79 Å². The zero-order chi connectivity index (χ0) is 25.2. The van der Waals surface area contributed by atoms with E-state index < -0.39 is 6.10 Å². The van der Waals surface area contributed by atoms with E-state index >= 15 is 0 Å². The number of carbonyl (C=O) groups is 1. The molecule has 0 aliphatic carbocycles. The van der Waals surface area contributed by atoms with E-state index in [2.05, 4.69) is 0 Å². The van der Waals surface area contributed by atoms with Crippen molar-refractivity contribution < 1.29 is 13.9 Å². The van der Waals surface area contributed by atoms with Crippen LogP contribution in [-0.4, -0.2) is 33.5 Å². The van der Waals surface area contributed by atoms with Gasteiger partial charge >= 0.3 is 0 Å². The zero-order valence-corrected chi connectivity index (χ0v) is 20.9. The quantitative estimate of drug-likeness (QED) is 0.260. The molecule has 37 heavy (non-hydrogen) atoms. The summed E-state index contributed by atoms with van der Waals surface area (Å²) in [5.41, 5.74) is 4.15. The van der Waals surface area contributed by atoms with Crippen molar-refractivity contribution in [3.8, 4) is 16.3 Å². The van der Waals surface area contributed by atoms with Gasteiger partial charge in [0.15, 0.2) is 6.10 Å². The Morgan fingerprint density at radius 1 is 1.03 bits per heavy atom. The molecule has 0 spiro atoms. The van der Waals surface area contributed by atoms with Crippen molar-refractivity contribution in [3.05, 3.63) is 120 Å². The van der Waals surface area contributed by atoms with E-state index in [1.807, 2.05) is 101 Å².